The summed E-state index contributed by atoms with van der Waals surface area (Å²) in [6.45, 7) is 7.12. The molecule has 5 nitrogen and oxygen atoms in total. The number of hydrogen-bond acceptors (Lipinski definition) is 5. The van der Waals surface area contributed by atoms with Gasteiger partial charge in [0.2, 0.25) is 0 Å². The van der Waals surface area contributed by atoms with E-state index in [1.54, 1.807) is 6.92 Å². The molecule has 0 fully saturated rings. The molecular formula is C8H18N4O. The molecule has 0 aliphatic carbocycles. The second kappa shape index (κ2) is 4.84. The number of hydrogen-bond donors (Lipinski definition) is 3. The summed E-state index contributed by atoms with van der Waals surface area (Å²) in [5.41, 5.74) is 16.3. The Balaban J connectivity index is 4.10. The van der Waals surface area contributed by atoms with Gasteiger partial charge in [0.25, 0.3) is 0 Å². The zero-order valence-electron chi connectivity index (χ0n) is 8.21. The number of ether oxygens (including phenoxy) is 1. The van der Waals surface area contributed by atoms with Crippen LogP contribution in [0.15, 0.2) is 16.5 Å². The molecule has 13 heavy (non-hydrogen) atoms. The summed E-state index contributed by atoms with van der Waals surface area (Å²) < 4.78 is 5.29. The predicted octanol–water partition coefficient (Wildman–Crippen LogP) is -0.125. The number of nitrogens with zero attached hydrogens (tertiary/aromatic N) is 1. The maximum Gasteiger partial charge on any atom is 0.143 e. The molecule has 0 heterocycles. The molecule has 1 unspecified atom stereocenters. The van der Waals surface area contributed by atoms with Gasteiger partial charge in [-0.25, -0.2) is 4.99 Å². The van der Waals surface area contributed by atoms with Crippen LogP contribution < -0.4 is 17.2 Å². The molecule has 0 bridgehead atoms. The first kappa shape index (κ1) is 11.9. The fraction of sp³-hybridized carbons (Fsp3) is 0.625. The summed E-state index contributed by atoms with van der Waals surface area (Å²) in [6.07, 6.45) is 0.696. The van der Waals surface area contributed by atoms with Crippen molar-refractivity contribution in [2.45, 2.75) is 26.0 Å². The van der Waals surface area contributed by atoms with E-state index in [0.717, 1.165) is 0 Å². The van der Waals surface area contributed by atoms with Crippen LogP contribution in [0.5, 0.6) is 0 Å². The Kier molecular flexibility index (Phi) is 4.44. The molecule has 0 aromatic rings. The van der Waals surface area contributed by atoms with Gasteiger partial charge in [-0.05, 0) is 20.1 Å². The van der Waals surface area contributed by atoms with E-state index in [0.29, 0.717) is 12.1 Å². The fourth-order valence-corrected chi connectivity index (χ4v) is 0.520. The molecule has 0 aliphatic heterocycles. The molecule has 0 amide bonds. The molecule has 0 aliphatic rings. The van der Waals surface area contributed by atoms with E-state index < -0.39 is 5.72 Å². The van der Waals surface area contributed by atoms with Gasteiger partial charge in [-0.2, -0.15) is 0 Å². The molecule has 0 aromatic carbocycles. The van der Waals surface area contributed by atoms with Crippen molar-refractivity contribution in [2.24, 2.45) is 22.2 Å². The second-order valence-corrected chi connectivity index (χ2v) is 3.02. The van der Waals surface area contributed by atoms with E-state index in [1.165, 1.54) is 0 Å². The van der Waals surface area contributed by atoms with Gasteiger partial charge in [0.1, 0.15) is 11.5 Å². The summed E-state index contributed by atoms with van der Waals surface area (Å²) >= 11 is 0. The molecule has 0 aromatic heterocycles. The lowest BCUT2D eigenvalue weighted by molar-refractivity contribution is -0.0179. The number of nitrogens with two attached hydrogens (primary N) is 3. The number of aliphatic imine (C=N–C) groups is 1. The molecule has 6 N–H and O–H groups in total. The molecule has 5 heteroatoms. The molecule has 1 atom stereocenters. The standard InChI is InChI=1S/C8H18N4O/c1-4-8(2,11)13-5-6(9)7(10)12-3/h3-5,9-11H2,1-2H3. The predicted molar refractivity (Wildman–Crippen MR) is 53.8 cm³/mol. The Morgan fingerprint density at radius 2 is 2.08 bits per heavy atom. The van der Waals surface area contributed by atoms with Crippen molar-refractivity contribution in [2.75, 3.05) is 6.61 Å². The summed E-state index contributed by atoms with van der Waals surface area (Å²) in [4.78, 5) is 3.48. The van der Waals surface area contributed by atoms with Crippen LogP contribution in [0, 0.1) is 0 Å². The average molecular weight is 186 g/mol. The maximum absolute atomic E-state index is 5.72. The summed E-state index contributed by atoms with van der Waals surface area (Å²) in [5, 5.41) is 0. The van der Waals surface area contributed by atoms with E-state index in [4.69, 9.17) is 21.9 Å². The highest BCUT2D eigenvalue weighted by atomic mass is 16.5. The van der Waals surface area contributed by atoms with Crippen LogP contribution in [0.2, 0.25) is 0 Å². The van der Waals surface area contributed by atoms with Crippen molar-refractivity contribution in [1.82, 2.24) is 0 Å². The second-order valence-electron chi connectivity index (χ2n) is 3.02. The Morgan fingerprint density at radius 1 is 1.54 bits per heavy atom. The van der Waals surface area contributed by atoms with Gasteiger partial charge in [-0.15, -0.1) is 0 Å². The summed E-state index contributed by atoms with van der Waals surface area (Å²) in [7, 11) is 0. The van der Waals surface area contributed by atoms with Crippen molar-refractivity contribution in [3.8, 4) is 0 Å². The maximum atomic E-state index is 5.72. The molecule has 76 valence electrons. The first-order valence-electron chi connectivity index (χ1n) is 4.06. The van der Waals surface area contributed by atoms with Gasteiger partial charge in [0, 0.05) is 0 Å². The van der Waals surface area contributed by atoms with Gasteiger partial charge in [-0.3, -0.25) is 0 Å². The van der Waals surface area contributed by atoms with Crippen LogP contribution in [-0.2, 0) is 4.74 Å². The van der Waals surface area contributed by atoms with Gasteiger partial charge in [-0.1, -0.05) is 6.92 Å². The van der Waals surface area contributed by atoms with Crippen molar-refractivity contribution in [1.29, 1.82) is 0 Å². The zero-order chi connectivity index (χ0) is 10.5. The van der Waals surface area contributed by atoms with Crippen LogP contribution in [0.25, 0.3) is 0 Å². The molecule has 0 saturated carbocycles. The molecular weight excluding hydrogens is 168 g/mol. The van der Waals surface area contributed by atoms with Gasteiger partial charge in [0.15, 0.2) is 0 Å². The third-order valence-corrected chi connectivity index (χ3v) is 1.76. The smallest absolute Gasteiger partial charge is 0.143 e. The molecule has 0 rings (SSSR count). The Bertz CT molecular complexity index is 210. The van der Waals surface area contributed by atoms with E-state index in [1.807, 2.05) is 6.92 Å². The SMILES string of the molecule is C=NC(N)=C(N)COC(C)(N)CC. The third kappa shape index (κ3) is 4.49. The van der Waals surface area contributed by atoms with Crippen LogP contribution in [-0.4, -0.2) is 19.0 Å². The van der Waals surface area contributed by atoms with E-state index in [-0.39, 0.29) is 12.4 Å². The van der Waals surface area contributed by atoms with Crippen LogP contribution in [0.4, 0.5) is 0 Å². The highest BCUT2D eigenvalue weighted by molar-refractivity contribution is 5.29. The van der Waals surface area contributed by atoms with Crippen molar-refractivity contribution in [3.63, 3.8) is 0 Å². The van der Waals surface area contributed by atoms with Crippen molar-refractivity contribution >= 4 is 6.72 Å². The van der Waals surface area contributed by atoms with Gasteiger partial charge < -0.3 is 21.9 Å². The first-order valence-corrected chi connectivity index (χ1v) is 4.06. The van der Waals surface area contributed by atoms with E-state index in [2.05, 4.69) is 11.7 Å². The van der Waals surface area contributed by atoms with Crippen LogP contribution in [0.1, 0.15) is 20.3 Å². The quantitative estimate of drug-likeness (QED) is 0.411. The Labute approximate surface area is 78.6 Å². The minimum absolute atomic E-state index is 0.172. The molecule has 0 radical (unpaired) electrons. The minimum atomic E-state index is -0.675. The highest BCUT2D eigenvalue weighted by Crippen LogP contribution is 2.07. The number of rotatable bonds is 5. The van der Waals surface area contributed by atoms with Crippen LogP contribution in [0.3, 0.4) is 0 Å². The first-order chi connectivity index (χ1) is 5.93. The van der Waals surface area contributed by atoms with Crippen molar-refractivity contribution < 1.29 is 4.74 Å². The lowest BCUT2D eigenvalue weighted by atomic mass is 10.2. The van der Waals surface area contributed by atoms with E-state index in [9.17, 15) is 0 Å². The van der Waals surface area contributed by atoms with Gasteiger partial charge in [0.05, 0.1) is 12.3 Å². The summed E-state index contributed by atoms with van der Waals surface area (Å²) in [6, 6.07) is 0. The monoisotopic (exact) mass is 186 g/mol. The van der Waals surface area contributed by atoms with Crippen molar-refractivity contribution in [3.05, 3.63) is 11.5 Å². The fourth-order valence-electron chi connectivity index (χ4n) is 0.520. The topological polar surface area (TPSA) is 99.6 Å². The lowest BCUT2D eigenvalue weighted by Crippen LogP contribution is -2.39. The highest BCUT2D eigenvalue weighted by Gasteiger charge is 2.16. The Morgan fingerprint density at radius 3 is 2.46 bits per heavy atom. The Hall–Kier alpha value is -1.07. The van der Waals surface area contributed by atoms with Crippen LogP contribution >= 0.6 is 0 Å². The largest absolute Gasteiger partial charge is 0.397 e. The molecule has 0 spiro atoms. The normalized spacial score (nSPS) is 17.5. The summed E-state index contributed by atoms with van der Waals surface area (Å²) in [5.74, 6) is 0.187. The van der Waals surface area contributed by atoms with Gasteiger partial charge >= 0.3 is 0 Å². The zero-order valence-corrected chi connectivity index (χ0v) is 8.21. The molecule has 0 saturated heterocycles. The third-order valence-electron chi connectivity index (χ3n) is 1.76. The van der Waals surface area contributed by atoms with E-state index >= 15 is 0 Å². The average Bonchev–Trinajstić information content (AvgIpc) is 2.13. The lowest BCUT2D eigenvalue weighted by Gasteiger charge is -2.23. The minimum Gasteiger partial charge on any atom is -0.397 e.